The first-order valence-electron chi connectivity index (χ1n) is 5.23. The predicted octanol–water partition coefficient (Wildman–Crippen LogP) is 2.42. The Labute approximate surface area is 99.1 Å². The molecule has 2 N–H and O–H groups in total. The number of nitrogens with one attached hydrogen (secondary N) is 2. The Morgan fingerprint density at radius 1 is 1.44 bits per heavy atom. The van der Waals surface area contributed by atoms with Crippen LogP contribution in [0.25, 0.3) is 10.7 Å². The minimum absolute atomic E-state index is 0.109. The molecule has 86 valence electrons. The van der Waals surface area contributed by atoms with E-state index in [1.807, 2.05) is 17.8 Å². The normalized spacial score (nSPS) is 11.9. The average molecular weight is 236 g/mol. The van der Waals surface area contributed by atoms with Crippen molar-refractivity contribution in [3.63, 3.8) is 0 Å². The van der Waals surface area contributed by atoms with E-state index in [9.17, 15) is 0 Å². The Balaban J connectivity index is 2.14. The third-order valence-electron chi connectivity index (χ3n) is 2.17. The van der Waals surface area contributed by atoms with E-state index in [4.69, 9.17) is 0 Å². The zero-order valence-electron chi connectivity index (χ0n) is 9.74. The third kappa shape index (κ3) is 2.68. The van der Waals surface area contributed by atoms with Gasteiger partial charge in [0.25, 0.3) is 0 Å². The van der Waals surface area contributed by atoms with E-state index >= 15 is 0 Å². The van der Waals surface area contributed by atoms with Crippen LogP contribution in [0.5, 0.6) is 0 Å². The van der Waals surface area contributed by atoms with Gasteiger partial charge < -0.3 is 5.32 Å². The van der Waals surface area contributed by atoms with Gasteiger partial charge in [-0.25, -0.2) is 4.98 Å². The van der Waals surface area contributed by atoms with Crippen molar-refractivity contribution in [3.8, 4) is 10.7 Å². The van der Waals surface area contributed by atoms with E-state index in [0.717, 1.165) is 22.8 Å². The quantitative estimate of drug-likeness (QED) is 0.860. The second kappa shape index (κ2) is 4.35. The van der Waals surface area contributed by atoms with Crippen LogP contribution in [0.4, 0.5) is 0 Å². The number of hydrogen-bond donors (Lipinski definition) is 2. The van der Waals surface area contributed by atoms with Crippen LogP contribution in [0, 0.1) is 0 Å². The summed E-state index contributed by atoms with van der Waals surface area (Å²) in [5.41, 5.74) is 2.29. The van der Waals surface area contributed by atoms with Gasteiger partial charge in [-0.15, -0.1) is 11.3 Å². The standard InChI is InChI=1S/C11H16N4S/c1-11(2,3)13-6-8-7-14-15-9(8)10-12-4-5-16-10/h4-5,7,13H,6H2,1-3H3,(H,14,15). The number of aromatic nitrogens is 3. The zero-order chi connectivity index (χ0) is 11.6. The predicted molar refractivity (Wildman–Crippen MR) is 66.3 cm³/mol. The van der Waals surface area contributed by atoms with Crippen LogP contribution in [-0.4, -0.2) is 20.7 Å². The monoisotopic (exact) mass is 236 g/mol. The Bertz CT molecular complexity index is 439. The largest absolute Gasteiger partial charge is 0.308 e. The van der Waals surface area contributed by atoms with Gasteiger partial charge in [-0.1, -0.05) is 0 Å². The lowest BCUT2D eigenvalue weighted by Crippen LogP contribution is -2.35. The Hall–Kier alpha value is -1.20. The molecule has 0 unspecified atom stereocenters. The highest BCUT2D eigenvalue weighted by Gasteiger charge is 2.13. The Morgan fingerprint density at radius 3 is 2.88 bits per heavy atom. The molecule has 2 rings (SSSR count). The molecule has 16 heavy (non-hydrogen) atoms. The number of nitrogens with zero attached hydrogens (tertiary/aromatic N) is 2. The van der Waals surface area contributed by atoms with Crippen molar-refractivity contribution in [1.29, 1.82) is 0 Å². The zero-order valence-corrected chi connectivity index (χ0v) is 10.6. The van der Waals surface area contributed by atoms with E-state index in [2.05, 4.69) is 41.3 Å². The van der Waals surface area contributed by atoms with Crippen molar-refractivity contribution in [1.82, 2.24) is 20.5 Å². The molecule has 5 heteroatoms. The van der Waals surface area contributed by atoms with E-state index in [1.54, 1.807) is 11.3 Å². The molecule has 0 aliphatic carbocycles. The second-order valence-electron chi connectivity index (χ2n) is 4.71. The summed E-state index contributed by atoms with van der Waals surface area (Å²) in [7, 11) is 0. The first-order chi connectivity index (χ1) is 7.56. The van der Waals surface area contributed by atoms with Crippen LogP contribution in [-0.2, 0) is 6.54 Å². The van der Waals surface area contributed by atoms with E-state index < -0.39 is 0 Å². The average Bonchev–Trinajstić information content (AvgIpc) is 2.84. The van der Waals surface area contributed by atoms with Crippen molar-refractivity contribution >= 4 is 11.3 Å². The summed E-state index contributed by atoms with van der Waals surface area (Å²) < 4.78 is 0. The summed E-state index contributed by atoms with van der Waals surface area (Å²) >= 11 is 1.62. The van der Waals surface area contributed by atoms with Gasteiger partial charge in [0, 0.05) is 29.2 Å². The topological polar surface area (TPSA) is 53.6 Å². The first-order valence-corrected chi connectivity index (χ1v) is 6.11. The second-order valence-corrected chi connectivity index (χ2v) is 5.61. The molecule has 0 spiro atoms. The fraction of sp³-hybridized carbons (Fsp3) is 0.455. The van der Waals surface area contributed by atoms with E-state index in [0.29, 0.717) is 0 Å². The molecular weight excluding hydrogens is 220 g/mol. The summed E-state index contributed by atoms with van der Waals surface area (Å²) in [6, 6.07) is 0. The summed E-state index contributed by atoms with van der Waals surface area (Å²) in [6.07, 6.45) is 3.66. The van der Waals surface area contributed by atoms with Crippen LogP contribution in [0.15, 0.2) is 17.8 Å². The lowest BCUT2D eigenvalue weighted by atomic mass is 10.1. The molecule has 0 fully saturated rings. The van der Waals surface area contributed by atoms with Crippen molar-refractivity contribution in [3.05, 3.63) is 23.3 Å². The van der Waals surface area contributed by atoms with Gasteiger partial charge >= 0.3 is 0 Å². The molecule has 0 aliphatic heterocycles. The molecule has 0 aromatic carbocycles. The maximum atomic E-state index is 4.28. The number of hydrogen-bond acceptors (Lipinski definition) is 4. The van der Waals surface area contributed by atoms with E-state index in [1.165, 1.54) is 0 Å². The van der Waals surface area contributed by atoms with Gasteiger partial charge in [0.1, 0.15) is 5.01 Å². The van der Waals surface area contributed by atoms with Gasteiger partial charge in [-0.3, -0.25) is 5.10 Å². The molecule has 0 atom stereocenters. The maximum absolute atomic E-state index is 4.28. The molecular formula is C11H16N4S. The maximum Gasteiger partial charge on any atom is 0.141 e. The van der Waals surface area contributed by atoms with Crippen molar-refractivity contribution in [2.45, 2.75) is 32.9 Å². The molecule has 0 aliphatic rings. The molecule has 0 bridgehead atoms. The molecule has 0 saturated heterocycles. The van der Waals surface area contributed by atoms with Gasteiger partial charge in [0.05, 0.1) is 11.9 Å². The molecule has 2 aromatic heterocycles. The van der Waals surface area contributed by atoms with Crippen LogP contribution in [0.1, 0.15) is 26.3 Å². The lowest BCUT2D eigenvalue weighted by molar-refractivity contribution is 0.424. The van der Waals surface area contributed by atoms with Crippen molar-refractivity contribution in [2.24, 2.45) is 0 Å². The molecule has 2 aromatic rings. The van der Waals surface area contributed by atoms with Crippen LogP contribution >= 0.6 is 11.3 Å². The highest BCUT2D eigenvalue weighted by atomic mass is 32.1. The molecule has 4 nitrogen and oxygen atoms in total. The Kier molecular flexibility index (Phi) is 3.07. The van der Waals surface area contributed by atoms with Crippen molar-refractivity contribution < 1.29 is 0 Å². The first kappa shape index (κ1) is 11.3. The molecule has 2 heterocycles. The summed E-state index contributed by atoms with van der Waals surface area (Å²) in [4.78, 5) is 4.28. The smallest absolute Gasteiger partial charge is 0.141 e. The van der Waals surface area contributed by atoms with Gasteiger partial charge in [-0.05, 0) is 20.8 Å². The SMILES string of the molecule is CC(C)(C)NCc1cn[nH]c1-c1nccs1. The van der Waals surface area contributed by atoms with Gasteiger partial charge in [-0.2, -0.15) is 5.10 Å². The minimum Gasteiger partial charge on any atom is -0.308 e. The van der Waals surface area contributed by atoms with Gasteiger partial charge in [0.2, 0.25) is 0 Å². The fourth-order valence-corrected chi connectivity index (χ4v) is 2.00. The molecule has 0 radical (unpaired) electrons. The number of aromatic amines is 1. The highest BCUT2D eigenvalue weighted by Crippen LogP contribution is 2.23. The van der Waals surface area contributed by atoms with Crippen molar-refractivity contribution in [2.75, 3.05) is 0 Å². The number of rotatable bonds is 3. The van der Waals surface area contributed by atoms with Crippen LogP contribution in [0.3, 0.4) is 0 Å². The van der Waals surface area contributed by atoms with E-state index in [-0.39, 0.29) is 5.54 Å². The summed E-state index contributed by atoms with van der Waals surface area (Å²) in [5.74, 6) is 0. The highest BCUT2D eigenvalue weighted by molar-refractivity contribution is 7.13. The number of H-pyrrole nitrogens is 1. The minimum atomic E-state index is 0.109. The van der Waals surface area contributed by atoms with Crippen LogP contribution in [0.2, 0.25) is 0 Å². The molecule has 0 amide bonds. The molecule has 0 saturated carbocycles. The summed E-state index contributed by atoms with van der Waals surface area (Å²) in [6.45, 7) is 7.25. The fourth-order valence-electron chi connectivity index (χ4n) is 1.34. The summed E-state index contributed by atoms with van der Waals surface area (Å²) in [5, 5.41) is 13.5. The Morgan fingerprint density at radius 2 is 2.25 bits per heavy atom. The van der Waals surface area contributed by atoms with Crippen LogP contribution < -0.4 is 5.32 Å². The lowest BCUT2D eigenvalue weighted by Gasteiger charge is -2.20. The third-order valence-corrected chi connectivity index (χ3v) is 2.96. The van der Waals surface area contributed by atoms with Gasteiger partial charge in [0.15, 0.2) is 0 Å². The number of thiazole rings is 1.